The highest BCUT2D eigenvalue weighted by molar-refractivity contribution is 5.39. The van der Waals surface area contributed by atoms with Gasteiger partial charge in [0.1, 0.15) is 12.4 Å². The van der Waals surface area contributed by atoms with Crippen LogP contribution >= 0.6 is 0 Å². The summed E-state index contributed by atoms with van der Waals surface area (Å²) in [5.41, 5.74) is 1.92. The maximum Gasteiger partial charge on any atom is 0.124 e. The molecule has 0 aromatic heterocycles. The Morgan fingerprint density at radius 3 is 2.24 bits per heavy atom. The standard InChI is InChI=1S/C18H29NO2/c1-17(2)16(18(17,3)4)15(19-5)13-9-7-8-10-14(13)21-12-11-20-6/h7-10,15-16,19H,11-12H2,1-6H3. The minimum Gasteiger partial charge on any atom is -0.491 e. The molecule has 0 saturated heterocycles. The van der Waals surface area contributed by atoms with Crippen molar-refractivity contribution in [3.63, 3.8) is 0 Å². The third-order valence-electron chi connectivity index (χ3n) is 5.58. The van der Waals surface area contributed by atoms with E-state index in [1.807, 2.05) is 13.1 Å². The van der Waals surface area contributed by atoms with Crippen molar-refractivity contribution >= 4 is 0 Å². The molecule has 3 nitrogen and oxygen atoms in total. The summed E-state index contributed by atoms with van der Waals surface area (Å²) >= 11 is 0. The van der Waals surface area contributed by atoms with Crippen LogP contribution in [-0.4, -0.2) is 27.4 Å². The van der Waals surface area contributed by atoms with Crippen molar-refractivity contribution < 1.29 is 9.47 Å². The van der Waals surface area contributed by atoms with Crippen molar-refractivity contribution in [1.82, 2.24) is 5.32 Å². The predicted octanol–water partition coefficient (Wildman–Crippen LogP) is 3.65. The number of benzene rings is 1. The molecule has 1 aromatic rings. The van der Waals surface area contributed by atoms with Crippen LogP contribution in [0.5, 0.6) is 5.75 Å². The van der Waals surface area contributed by atoms with Gasteiger partial charge in [-0.05, 0) is 29.9 Å². The molecule has 1 aliphatic carbocycles. The monoisotopic (exact) mass is 291 g/mol. The molecule has 0 amide bonds. The zero-order valence-corrected chi connectivity index (χ0v) is 14.2. The predicted molar refractivity (Wildman–Crippen MR) is 86.7 cm³/mol. The average molecular weight is 291 g/mol. The molecule has 1 N–H and O–H groups in total. The first-order valence-electron chi connectivity index (χ1n) is 7.76. The highest BCUT2D eigenvalue weighted by atomic mass is 16.5. The van der Waals surface area contributed by atoms with E-state index in [2.05, 4.69) is 51.2 Å². The van der Waals surface area contributed by atoms with Gasteiger partial charge in [0, 0.05) is 18.7 Å². The highest BCUT2D eigenvalue weighted by Gasteiger charge is 2.67. The Bertz CT molecular complexity index is 468. The van der Waals surface area contributed by atoms with E-state index in [1.165, 1.54) is 5.56 Å². The van der Waals surface area contributed by atoms with E-state index in [0.29, 0.717) is 36.0 Å². The fraction of sp³-hybridized carbons (Fsp3) is 0.667. The number of hydrogen-bond donors (Lipinski definition) is 1. The van der Waals surface area contributed by atoms with Gasteiger partial charge < -0.3 is 14.8 Å². The molecule has 1 aromatic carbocycles. The third kappa shape index (κ3) is 2.82. The largest absolute Gasteiger partial charge is 0.491 e. The molecule has 0 spiro atoms. The summed E-state index contributed by atoms with van der Waals surface area (Å²) in [4.78, 5) is 0. The summed E-state index contributed by atoms with van der Waals surface area (Å²) < 4.78 is 11.0. The van der Waals surface area contributed by atoms with Crippen LogP contribution in [-0.2, 0) is 4.74 Å². The Labute approximate surface area is 129 Å². The van der Waals surface area contributed by atoms with Crippen molar-refractivity contribution in [2.24, 2.45) is 16.7 Å². The van der Waals surface area contributed by atoms with Gasteiger partial charge >= 0.3 is 0 Å². The summed E-state index contributed by atoms with van der Waals surface area (Å²) in [6, 6.07) is 8.66. The molecular formula is C18H29NO2. The normalized spacial score (nSPS) is 21.0. The lowest BCUT2D eigenvalue weighted by molar-refractivity contribution is 0.145. The minimum absolute atomic E-state index is 0.314. The zero-order valence-electron chi connectivity index (χ0n) is 14.2. The number of ether oxygens (including phenoxy) is 2. The van der Waals surface area contributed by atoms with Crippen LogP contribution in [0, 0.1) is 16.7 Å². The molecule has 0 radical (unpaired) electrons. The molecule has 1 saturated carbocycles. The maximum atomic E-state index is 5.91. The van der Waals surface area contributed by atoms with Gasteiger partial charge in [0.25, 0.3) is 0 Å². The van der Waals surface area contributed by atoms with Gasteiger partial charge in [0.05, 0.1) is 6.61 Å². The Balaban J connectivity index is 2.23. The van der Waals surface area contributed by atoms with Gasteiger partial charge in [-0.15, -0.1) is 0 Å². The van der Waals surface area contributed by atoms with Crippen LogP contribution in [0.4, 0.5) is 0 Å². The summed E-state index contributed by atoms with van der Waals surface area (Å²) in [6.07, 6.45) is 0. The molecule has 2 rings (SSSR count). The van der Waals surface area contributed by atoms with E-state index >= 15 is 0 Å². The highest BCUT2D eigenvalue weighted by Crippen LogP contribution is 2.72. The van der Waals surface area contributed by atoms with Gasteiger partial charge in [-0.25, -0.2) is 0 Å². The van der Waals surface area contributed by atoms with Gasteiger partial charge in [-0.2, -0.15) is 0 Å². The molecule has 118 valence electrons. The van der Waals surface area contributed by atoms with Crippen LogP contribution in [0.3, 0.4) is 0 Å². The Hall–Kier alpha value is -1.06. The van der Waals surface area contributed by atoms with E-state index in [0.717, 1.165) is 5.75 Å². The maximum absolute atomic E-state index is 5.91. The van der Waals surface area contributed by atoms with Gasteiger partial charge in [-0.3, -0.25) is 0 Å². The lowest BCUT2D eigenvalue weighted by Gasteiger charge is -2.22. The molecule has 0 heterocycles. The summed E-state index contributed by atoms with van der Waals surface area (Å²) in [7, 11) is 3.74. The van der Waals surface area contributed by atoms with Crippen LogP contribution in [0.15, 0.2) is 24.3 Å². The molecular weight excluding hydrogens is 262 g/mol. The van der Waals surface area contributed by atoms with E-state index in [-0.39, 0.29) is 0 Å². The second-order valence-corrected chi connectivity index (χ2v) is 7.07. The van der Waals surface area contributed by atoms with E-state index < -0.39 is 0 Å². The number of nitrogens with one attached hydrogen (secondary N) is 1. The van der Waals surface area contributed by atoms with Crippen molar-refractivity contribution in [1.29, 1.82) is 0 Å². The number of methoxy groups -OCH3 is 1. The first kappa shape index (κ1) is 16.3. The first-order chi connectivity index (χ1) is 9.87. The van der Waals surface area contributed by atoms with Crippen molar-refractivity contribution in [2.45, 2.75) is 33.7 Å². The van der Waals surface area contributed by atoms with E-state index in [4.69, 9.17) is 9.47 Å². The molecule has 0 aliphatic heterocycles. The topological polar surface area (TPSA) is 30.5 Å². The van der Waals surface area contributed by atoms with Gasteiger partial charge in [0.2, 0.25) is 0 Å². The smallest absolute Gasteiger partial charge is 0.124 e. The Kier molecular flexibility index (Phi) is 4.64. The van der Waals surface area contributed by atoms with Crippen molar-refractivity contribution in [3.8, 4) is 5.75 Å². The van der Waals surface area contributed by atoms with Crippen LogP contribution in [0.25, 0.3) is 0 Å². The minimum atomic E-state index is 0.314. The molecule has 0 bridgehead atoms. The summed E-state index contributed by atoms with van der Waals surface area (Å²) in [6.45, 7) is 10.6. The molecule has 3 heteroatoms. The molecule has 21 heavy (non-hydrogen) atoms. The molecule has 1 atom stereocenters. The lowest BCUT2D eigenvalue weighted by Crippen LogP contribution is -2.22. The van der Waals surface area contributed by atoms with Crippen LogP contribution < -0.4 is 10.1 Å². The fourth-order valence-electron chi connectivity index (χ4n) is 3.69. The second-order valence-electron chi connectivity index (χ2n) is 7.07. The quantitative estimate of drug-likeness (QED) is 0.778. The third-order valence-corrected chi connectivity index (χ3v) is 5.58. The molecule has 1 fully saturated rings. The second kappa shape index (κ2) is 5.98. The van der Waals surface area contributed by atoms with E-state index in [1.54, 1.807) is 7.11 Å². The average Bonchev–Trinajstić information content (AvgIpc) is 2.84. The molecule has 1 aliphatic rings. The Morgan fingerprint density at radius 1 is 1.10 bits per heavy atom. The first-order valence-corrected chi connectivity index (χ1v) is 7.76. The van der Waals surface area contributed by atoms with Crippen LogP contribution in [0.1, 0.15) is 39.3 Å². The molecule has 1 unspecified atom stereocenters. The lowest BCUT2D eigenvalue weighted by atomic mass is 9.96. The van der Waals surface area contributed by atoms with Crippen molar-refractivity contribution in [3.05, 3.63) is 29.8 Å². The fourth-order valence-corrected chi connectivity index (χ4v) is 3.69. The van der Waals surface area contributed by atoms with Crippen molar-refractivity contribution in [2.75, 3.05) is 27.4 Å². The zero-order chi connectivity index (χ0) is 15.7. The van der Waals surface area contributed by atoms with Crippen LogP contribution in [0.2, 0.25) is 0 Å². The summed E-state index contributed by atoms with van der Waals surface area (Å²) in [5.74, 6) is 1.56. The SMILES string of the molecule is CNC(c1ccccc1OCCOC)C1C(C)(C)C1(C)C. The number of hydrogen-bond acceptors (Lipinski definition) is 3. The number of para-hydroxylation sites is 1. The summed E-state index contributed by atoms with van der Waals surface area (Å²) in [5, 5.41) is 3.51. The van der Waals surface area contributed by atoms with Gasteiger partial charge in [0.15, 0.2) is 0 Å². The van der Waals surface area contributed by atoms with Gasteiger partial charge in [-0.1, -0.05) is 45.9 Å². The number of rotatable bonds is 7. The Morgan fingerprint density at radius 2 is 1.71 bits per heavy atom. The van der Waals surface area contributed by atoms with E-state index in [9.17, 15) is 0 Å².